The van der Waals surface area contributed by atoms with Gasteiger partial charge in [-0.1, -0.05) is 30.3 Å². The summed E-state index contributed by atoms with van der Waals surface area (Å²) in [6, 6.07) is 16.8. The van der Waals surface area contributed by atoms with E-state index >= 15 is 0 Å². The number of hydrogen-bond acceptors (Lipinski definition) is 5. The number of fused-ring (bicyclic) bond motifs is 2. The van der Waals surface area contributed by atoms with E-state index in [1.165, 1.54) is 21.7 Å². The van der Waals surface area contributed by atoms with E-state index in [1.54, 1.807) is 40.5 Å². The second-order valence-corrected chi connectivity index (χ2v) is 8.21. The van der Waals surface area contributed by atoms with Crippen LogP contribution in [0.25, 0.3) is 21.1 Å². The van der Waals surface area contributed by atoms with E-state index in [9.17, 15) is 9.59 Å². The Balaban J connectivity index is 1.28. The maximum atomic E-state index is 12.9. The predicted octanol–water partition coefficient (Wildman–Crippen LogP) is 3.97. The number of rotatable bonds is 3. The number of carbonyl (C=O) groups excluding carboxylic acids is 1. The number of benzene rings is 2. The van der Waals surface area contributed by atoms with E-state index in [1.807, 2.05) is 0 Å². The Morgan fingerprint density at radius 1 is 0.966 bits per heavy atom. The Morgan fingerprint density at radius 3 is 2.52 bits per heavy atom. The maximum absolute atomic E-state index is 12.9. The van der Waals surface area contributed by atoms with Gasteiger partial charge < -0.3 is 9.32 Å². The minimum Gasteiger partial charge on any atom is -0.451 e. The molecule has 1 aliphatic heterocycles. The molecule has 0 N–H and O–H groups in total. The highest BCUT2D eigenvalue weighted by atomic mass is 32.1. The summed E-state index contributed by atoms with van der Waals surface area (Å²) in [4.78, 5) is 29.3. The van der Waals surface area contributed by atoms with Crippen molar-refractivity contribution in [1.82, 2.24) is 9.80 Å². The van der Waals surface area contributed by atoms with Gasteiger partial charge in [0, 0.05) is 43.5 Å². The molecule has 1 aliphatic rings. The Bertz CT molecular complexity index is 1250. The van der Waals surface area contributed by atoms with Crippen LogP contribution in [0, 0.1) is 0 Å². The fraction of sp³-hybridized carbons (Fsp3) is 0.217. The molecule has 0 spiro atoms. The van der Waals surface area contributed by atoms with Gasteiger partial charge in [-0.05, 0) is 34.5 Å². The first-order valence-corrected chi connectivity index (χ1v) is 10.6. The lowest BCUT2D eigenvalue weighted by Gasteiger charge is -2.34. The van der Waals surface area contributed by atoms with Gasteiger partial charge >= 0.3 is 0 Å². The Kier molecular flexibility index (Phi) is 4.66. The van der Waals surface area contributed by atoms with Crippen LogP contribution in [0.3, 0.4) is 0 Å². The highest BCUT2D eigenvalue weighted by Crippen LogP contribution is 2.27. The van der Waals surface area contributed by atoms with Crippen LogP contribution < -0.4 is 5.43 Å². The summed E-state index contributed by atoms with van der Waals surface area (Å²) in [5.74, 6) is -0.0977. The van der Waals surface area contributed by atoms with Crippen molar-refractivity contribution in [3.05, 3.63) is 81.5 Å². The zero-order valence-corrected chi connectivity index (χ0v) is 16.7. The summed E-state index contributed by atoms with van der Waals surface area (Å²) in [6.07, 6.45) is 0. The van der Waals surface area contributed by atoms with Gasteiger partial charge in [0.05, 0.1) is 5.39 Å². The normalized spacial score (nSPS) is 15.2. The van der Waals surface area contributed by atoms with E-state index in [2.05, 4.69) is 34.5 Å². The van der Waals surface area contributed by atoms with Crippen molar-refractivity contribution in [3.8, 4) is 0 Å². The molecule has 1 saturated heterocycles. The summed E-state index contributed by atoms with van der Waals surface area (Å²) in [6.45, 7) is 3.73. The van der Waals surface area contributed by atoms with E-state index in [-0.39, 0.29) is 17.1 Å². The molecule has 6 heteroatoms. The van der Waals surface area contributed by atoms with Crippen molar-refractivity contribution in [3.63, 3.8) is 0 Å². The van der Waals surface area contributed by atoms with Gasteiger partial charge in [0.1, 0.15) is 5.58 Å². The highest BCUT2D eigenvalue weighted by Gasteiger charge is 2.25. The number of nitrogens with zero attached hydrogens (tertiary/aromatic N) is 2. The average Bonchev–Trinajstić information content (AvgIpc) is 3.17. The van der Waals surface area contributed by atoms with Gasteiger partial charge in [0.25, 0.3) is 5.91 Å². The molecule has 0 radical (unpaired) electrons. The molecule has 0 aliphatic carbocycles. The van der Waals surface area contributed by atoms with Crippen molar-refractivity contribution in [2.75, 3.05) is 26.2 Å². The third-order valence-corrected chi connectivity index (χ3v) is 6.47. The first-order valence-electron chi connectivity index (χ1n) is 9.69. The summed E-state index contributed by atoms with van der Waals surface area (Å²) >= 11 is 1.77. The molecule has 29 heavy (non-hydrogen) atoms. The van der Waals surface area contributed by atoms with Crippen LogP contribution in [-0.2, 0) is 6.54 Å². The minimum absolute atomic E-state index is 0.117. The monoisotopic (exact) mass is 404 g/mol. The van der Waals surface area contributed by atoms with Gasteiger partial charge in [0.2, 0.25) is 0 Å². The minimum atomic E-state index is -0.214. The van der Waals surface area contributed by atoms with Gasteiger partial charge in [-0.15, -0.1) is 11.3 Å². The second kappa shape index (κ2) is 7.46. The zero-order valence-electron chi connectivity index (χ0n) is 15.8. The molecule has 0 saturated carbocycles. The van der Waals surface area contributed by atoms with Gasteiger partial charge in [-0.25, -0.2) is 0 Å². The quantitative estimate of drug-likeness (QED) is 0.519. The molecule has 0 unspecified atom stereocenters. The SMILES string of the molecule is O=C(c1cc(=O)c2ccccc2o1)N1CCN(Cc2csc3ccccc23)CC1. The first kappa shape index (κ1) is 18.1. The molecule has 1 fully saturated rings. The van der Waals surface area contributed by atoms with Crippen molar-refractivity contribution in [2.45, 2.75) is 6.54 Å². The van der Waals surface area contributed by atoms with Crippen molar-refractivity contribution >= 4 is 38.3 Å². The molecule has 2 aromatic carbocycles. The number of piperazine rings is 1. The lowest BCUT2D eigenvalue weighted by Crippen LogP contribution is -2.48. The highest BCUT2D eigenvalue weighted by molar-refractivity contribution is 7.17. The largest absolute Gasteiger partial charge is 0.451 e. The van der Waals surface area contributed by atoms with E-state index in [0.29, 0.717) is 24.1 Å². The van der Waals surface area contributed by atoms with Crippen LogP contribution in [0.1, 0.15) is 16.1 Å². The standard InChI is InChI=1S/C23H20N2O3S/c26-19-13-21(28-20-7-3-1-6-18(19)20)23(27)25-11-9-24(10-12-25)14-16-15-29-22-8-4-2-5-17(16)22/h1-8,13,15H,9-12,14H2. The smallest absolute Gasteiger partial charge is 0.289 e. The maximum Gasteiger partial charge on any atom is 0.289 e. The van der Waals surface area contributed by atoms with Crippen molar-refractivity contribution < 1.29 is 9.21 Å². The lowest BCUT2D eigenvalue weighted by atomic mass is 10.1. The molecule has 5 rings (SSSR count). The van der Waals surface area contributed by atoms with Crippen molar-refractivity contribution in [2.24, 2.45) is 0 Å². The molecule has 1 amide bonds. The Morgan fingerprint density at radius 2 is 1.69 bits per heavy atom. The average molecular weight is 404 g/mol. The van der Waals surface area contributed by atoms with Gasteiger partial charge in [0.15, 0.2) is 11.2 Å². The van der Waals surface area contributed by atoms with E-state index < -0.39 is 0 Å². The summed E-state index contributed by atoms with van der Waals surface area (Å²) in [7, 11) is 0. The lowest BCUT2D eigenvalue weighted by molar-refractivity contribution is 0.0599. The third-order valence-electron chi connectivity index (χ3n) is 5.46. The second-order valence-electron chi connectivity index (χ2n) is 7.30. The summed E-state index contributed by atoms with van der Waals surface area (Å²) in [5.41, 5.74) is 1.61. The molecule has 0 bridgehead atoms. The Hall–Kier alpha value is -2.96. The van der Waals surface area contributed by atoms with E-state index in [4.69, 9.17) is 4.42 Å². The molecule has 5 nitrogen and oxygen atoms in total. The number of carbonyl (C=O) groups is 1. The molecule has 0 atom stereocenters. The molecule has 146 valence electrons. The van der Waals surface area contributed by atoms with Crippen LogP contribution >= 0.6 is 11.3 Å². The fourth-order valence-corrected chi connectivity index (χ4v) is 4.82. The third kappa shape index (κ3) is 3.45. The molecule has 2 aromatic heterocycles. The number of hydrogen-bond donors (Lipinski definition) is 0. The topological polar surface area (TPSA) is 53.8 Å². The number of thiophene rings is 1. The van der Waals surface area contributed by atoms with Crippen LogP contribution in [0.4, 0.5) is 0 Å². The van der Waals surface area contributed by atoms with Crippen LogP contribution in [0.15, 0.2) is 69.2 Å². The predicted molar refractivity (Wildman–Crippen MR) is 115 cm³/mol. The molecule has 3 heterocycles. The van der Waals surface area contributed by atoms with Crippen LogP contribution in [0.2, 0.25) is 0 Å². The van der Waals surface area contributed by atoms with Crippen LogP contribution in [0.5, 0.6) is 0 Å². The first-order chi connectivity index (χ1) is 14.2. The zero-order chi connectivity index (χ0) is 19.8. The number of amides is 1. The van der Waals surface area contributed by atoms with Crippen molar-refractivity contribution in [1.29, 1.82) is 0 Å². The number of para-hydroxylation sites is 1. The van der Waals surface area contributed by atoms with Crippen LogP contribution in [-0.4, -0.2) is 41.9 Å². The molecule has 4 aromatic rings. The van der Waals surface area contributed by atoms with Gasteiger partial charge in [-0.2, -0.15) is 0 Å². The molecular weight excluding hydrogens is 384 g/mol. The summed E-state index contributed by atoms with van der Waals surface area (Å²) < 4.78 is 7.02. The summed E-state index contributed by atoms with van der Waals surface area (Å²) in [5, 5.41) is 4.04. The molecular formula is C23H20N2O3S. The Labute approximate surface area is 171 Å². The van der Waals surface area contributed by atoms with Gasteiger partial charge in [-0.3, -0.25) is 14.5 Å². The van der Waals surface area contributed by atoms with E-state index in [0.717, 1.165) is 19.6 Å². The fourth-order valence-electron chi connectivity index (χ4n) is 3.87.